The van der Waals surface area contributed by atoms with Gasteiger partial charge in [-0.05, 0) is 18.8 Å². The third kappa shape index (κ3) is 19.7. The highest BCUT2D eigenvalue weighted by atomic mass is 16.5. The van der Waals surface area contributed by atoms with Gasteiger partial charge in [-0.3, -0.25) is 4.79 Å². The van der Waals surface area contributed by atoms with Crippen molar-refractivity contribution in [2.75, 3.05) is 33.0 Å². The van der Waals surface area contributed by atoms with E-state index in [9.17, 15) is 4.79 Å². The lowest BCUT2D eigenvalue weighted by molar-refractivity contribution is -0.122. The Morgan fingerprint density at radius 2 is 1.65 bits per heavy atom. The predicted molar refractivity (Wildman–Crippen MR) is 85.0 cm³/mol. The van der Waals surface area contributed by atoms with Gasteiger partial charge in [0.15, 0.2) is 0 Å². The fourth-order valence-corrected chi connectivity index (χ4v) is 1.32. The quantitative estimate of drug-likeness (QED) is 0.560. The maximum absolute atomic E-state index is 11.4. The Bertz CT molecular complexity index is 196. The first kappa shape index (κ1) is 21.7. The van der Waals surface area contributed by atoms with Crippen LogP contribution in [0.4, 0.5) is 0 Å². The normalized spacial score (nSPS) is 10.1. The number of hydrogen-bond donors (Lipinski definition) is 1. The zero-order valence-corrected chi connectivity index (χ0v) is 14.2. The summed E-state index contributed by atoms with van der Waals surface area (Å²) in [5, 5.41) is 2.88. The molecule has 0 spiro atoms. The van der Waals surface area contributed by atoms with Gasteiger partial charge in [-0.1, -0.05) is 41.0 Å². The van der Waals surface area contributed by atoms with Crippen molar-refractivity contribution in [3.63, 3.8) is 0 Å². The Morgan fingerprint density at radius 1 is 1.05 bits per heavy atom. The summed E-state index contributed by atoms with van der Waals surface area (Å²) in [7, 11) is 0. The third-order valence-electron chi connectivity index (χ3n) is 2.53. The fourth-order valence-electron chi connectivity index (χ4n) is 1.32. The molecule has 1 amide bonds. The molecule has 0 aliphatic rings. The average Bonchev–Trinajstić information content (AvgIpc) is 2.43. The lowest BCUT2D eigenvalue weighted by Gasteiger charge is -2.08. The van der Waals surface area contributed by atoms with Crippen molar-refractivity contribution in [2.24, 2.45) is 5.92 Å². The lowest BCUT2D eigenvalue weighted by atomic mass is 10.1. The molecule has 4 heteroatoms. The van der Waals surface area contributed by atoms with E-state index in [0.29, 0.717) is 32.2 Å². The molecule has 0 fully saturated rings. The first-order valence-corrected chi connectivity index (χ1v) is 8.09. The zero-order chi connectivity index (χ0) is 15.6. The minimum atomic E-state index is 0.0718. The molecular formula is C16H35NO3. The van der Waals surface area contributed by atoms with E-state index in [0.717, 1.165) is 32.4 Å². The molecule has 1 N–H and O–H groups in total. The van der Waals surface area contributed by atoms with Gasteiger partial charge in [0.1, 0.15) is 0 Å². The molecule has 0 rings (SSSR count). The summed E-state index contributed by atoms with van der Waals surface area (Å²) >= 11 is 0. The molecular weight excluding hydrogens is 254 g/mol. The van der Waals surface area contributed by atoms with E-state index in [1.165, 1.54) is 0 Å². The molecule has 0 aliphatic heterocycles. The number of ether oxygens (including phenoxy) is 2. The monoisotopic (exact) mass is 289 g/mol. The summed E-state index contributed by atoms with van der Waals surface area (Å²) in [6.07, 6.45) is 3.71. The van der Waals surface area contributed by atoms with Crippen LogP contribution in [0, 0.1) is 5.92 Å². The molecule has 0 heterocycles. The number of unbranched alkanes of at least 4 members (excludes halogenated alkanes) is 1. The summed E-state index contributed by atoms with van der Waals surface area (Å²) in [6.45, 7) is 13.7. The molecule has 0 saturated heterocycles. The van der Waals surface area contributed by atoms with E-state index in [-0.39, 0.29) is 5.91 Å². The molecule has 0 aromatic rings. The van der Waals surface area contributed by atoms with Crippen LogP contribution < -0.4 is 5.32 Å². The van der Waals surface area contributed by atoms with Crippen LogP contribution in [0.15, 0.2) is 0 Å². The first-order valence-electron chi connectivity index (χ1n) is 8.09. The molecule has 0 bridgehead atoms. The Morgan fingerprint density at radius 3 is 2.20 bits per heavy atom. The van der Waals surface area contributed by atoms with Crippen LogP contribution in [0.25, 0.3) is 0 Å². The Balaban J connectivity index is 0. The fraction of sp³-hybridized carbons (Fsp3) is 0.938. The zero-order valence-electron chi connectivity index (χ0n) is 14.2. The van der Waals surface area contributed by atoms with Gasteiger partial charge in [-0.25, -0.2) is 0 Å². The molecule has 0 saturated carbocycles. The van der Waals surface area contributed by atoms with Crippen molar-refractivity contribution in [3.05, 3.63) is 0 Å². The molecule has 0 atom stereocenters. The predicted octanol–water partition coefficient (Wildman–Crippen LogP) is 3.40. The van der Waals surface area contributed by atoms with Crippen LogP contribution in [0.5, 0.6) is 0 Å². The maximum Gasteiger partial charge on any atom is 0.222 e. The van der Waals surface area contributed by atoms with Gasteiger partial charge in [-0.2, -0.15) is 0 Å². The maximum atomic E-state index is 11.4. The molecule has 122 valence electrons. The topological polar surface area (TPSA) is 47.6 Å². The average molecular weight is 289 g/mol. The van der Waals surface area contributed by atoms with E-state index in [1.54, 1.807) is 0 Å². The number of carbonyl (C=O) groups is 1. The van der Waals surface area contributed by atoms with Crippen LogP contribution in [0.1, 0.15) is 60.3 Å². The summed E-state index contributed by atoms with van der Waals surface area (Å²) in [4.78, 5) is 11.4. The summed E-state index contributed by atoms with van der Waals surface area (Å²) in [5.74, 6) is 0.698. The summed E-state index contributed by atoms with van der Waals surface area (Å²) < 4.78 is 10.7. The van der Waals surface area contributed by atoms with Crippen LogP contribution in [-0.2, 0) is 14.3 Å². The summed E-state index contributed by atoms with van der Waals surface area (Å²) in [6, 6.07) is 0. The van der Waals surface area contributed by atoms with Crippen LogP contribution >= 0.6 is 0 Å². The van der Waals surface area contributed by atoms with Crippen LogP contribution in [0.2, 0.25) is 0 Å². The molecule has 20 heavy (non-hydrogen) atoms. The first-order chi connectivity index (χ1) is 9.66. The smallest absolute Gasteiger partial charge is 0.222 e. The van der Waals surface area contributed by atoms with Crippen molar-refractivity contribution in [1.29, 1.82) is 0 Å². The van der Waals surface area contributed by atoms with Crippen molar-refractivity contribution >= 4 is 5.91 Å². The molecule has 0 aromatic heterocycles. The van der Waals surface area contributed by atoms with Gasteiger partial charge in [0.25, 0.3) is 0 Å². The molecule has 4 nitrogen and oxygen atoms in total. The molecule has 0 radical (unpaired) electrons. The van der Waals surface area contributed by atoms with Crippen molar-refractivity contribution in [3.8, 4) is 0 Å². The van der Waals surface area contributed by atoms with E-state index in [1.807, 2.05) is 13.8 Å². The van der Waals surface area contributed by atoms with Crippen LogP contribution in [-0.4, -0.2) is 38.9 Å². The number of amides is 1. The number of rotatable bonds is 12. The van der Waals surface area contributed by atoms with Gasteiger partial charge in [0.2, 0.25) is 5.91 Å². The molecule has 0 aliphatic carbocycles. The number of nitrogens with one attached hydrogen (secondary N) is 1. The van der Waals surface area contributed by atoms with E-state index >= 15 is 0 Å². The van der Waals surface area contributed by atoms with E-state index in [2.05, 4.69) is 26.1 Å². The van der Waals surface area contributed by atoms with Gasteiger partial charge >= 0.3 is 0 Å². The van der Waals surface area contributed by atoms with Gasteiger partial charge < -0.3 is 14.8 Å². The van der Waals surface area contributed by atoms with Crippen molar-refractivity contribution in [2.45, 2.75) is 60.3 Å². The Hall–Kier alpha value is -0.610. The highest BCUT2D eigenvalue weighted by molar-refractivity contribution is 5.75. The second kappa shape index (κ2) is 18.4. The second-order valence-electron chi connectivity index (χ2n) is 4.86. The molecule has 0 aromatic carbocycles. The minimum Gasteiger partial charge on any atom is -0.379 e. The number of hydrogen-bond acceptors (Lipinski definition) is 3. The Labute approximate surface area is 125 Å². The van der Waals surface area contributed by atoms with Crippen molar-refractivity contribution in [1.82, 2.24) is 5.32 Å². The third-order valence-corrected chi connectivity index (χ3v) is 2.53. The number of carbonyl (C=O) groups excluding carboxylic acids is 1. The standard InChI is InChI=1S/C14H29NO3.C2H6/c1-4-5-9-17-11-12-18-10-7-14(16)15-8-6-13(2)3;1-2/h13H,4-12H2,1-3H3,(H,15,16);1-2H3. The van der Waals surface area contributed by atoms with Crippen LogP contribution in [0.3, 0.4) is 0 Å². The van der Waals surface area contributed by atoms with Gasteiger partial charge in [0.05, 0.1) is 19.8 Å². The van der Waals surface area contributed by atoms with E-state index in [4.69, 9.17) is 9.47 Å². The minimum absolute atomic E-state index is 0.0718. The highest BCUT2D eigenvalue weighted by Crippen LogP contribution is 1.96. The summed E-state index contributed by atoms with van der Waals surface area (Å²) in [5.41, 5.74) is 0. The van der Waals surface area contributed by atoms with E-state index < -0.39 is 0 Å². The Kier molecular flexibility index (Phi) is 19.9. The van der Waals surface area contributed by atoms with Gasteiger partial charge in [-0.15, -0.1) is 0 Å². The molecule has 0 unspecified atom stereocenters. The largest absolute Gasteiger partial charge is 0.379 e. The van der Waals surface area contributed by atoms with Gasteiger partial charge in [0, 0.05) is 19.6 Å². The SMILES string of the molecule is CC.CCCCOCCOCCC(=O)NCCC(C)C. The highest BCUT2D eigenvalue weighted by Gasteiger charge is 2.01. The second-order valence-corrected chi connectivity index (χ2v) is 4.86. The lowest BCUT2D eigenvalue weighted by Crippen LogP contribution is -2.26. The van der Waals surface area contributed by atoms with Crippen molar-refractivity contribution < 1.29 is 14.3 Å².